The third-order valence-electron chi connectivity index (χ3n) is 8.43. The molecule has 188 valence electrons. The minimum atomic E-state index is -0.390. The number of hydrogen-bond donors (Lipinski definition) is 2. The molecule has 2 aromatic carbocycles. The number of benzene rings is 2. The Hall–Kier alpha value is -3.91. The number of ether oxygens (including phenoxy) is 1. The van der Waals surface area contributed by atoms with Crippen LogP contribution < -0.4 is 15.0 Å². The molecule has 0 radical (unpaired) electrons. The number of H-pyrrole nitrogens is 1. The van der Waals surface area contributed by atoms with E-state index in [2.05, 4.69) is 61.6 Å². The zero-order valence-corrected chi connectivity index (χ0v) is 21.1. The molecule has 37 heavy (non-hydrogen) atoms. The Labute approximate surface area is 215 Å². The van der Waals surface area contributed by atoms with E-state index in [9.17, 15) is 4.79 Å². The fraction of sp³-hybridized carbons (Fsp3) is 0.345. The molecule has 1 aliphatic carbocycles. The molecule has 4 aromatic rings. The van der Waals surface area contributed by atoms with E-state index in [1.807, 2.05) is 30.5 Å². The molecule has 2 atom stereocenters. The number of pyridine rings is 1. The highest BCUT2D eigenvalue weighted by molar-refractivity contribution is 6.02. The molecule has 7 rings (SSSR count). The van der Waals surface area contributed by atoms with E-state index in [1.54, 1.807) is 7.11 Å². The largest absolute Gasteiger partial charge is 0.497 e. The van der Waals surface area contributed by atoms with Crippen LogP contribution in [0.4, 0.5) is 11.5 Å². The highest BCUT2D eigenvalue weighted by Crippen LogP contribution is 2.63. The molecule has 2 aliphatic heterocycles. The molecule has 1 spiro atoms. The van der Waals surface area contributed by atoms with Crippen LogP contribution in [0.5, 0.6) is 5.75 Å². The van der Waals surface area contributed by atoms with Crippen molar-refractivity contribution in [2.45, 2.75) is 18.8 Å². The van der Waals surface area contributed by atoms with Crippen LogP contribution in [0.3, 0.4) is 0 Å². The normalized spacial score (nSPS) is 23.2. The van der Waals surface area contributed by atoms with Crippen molar-refractivity contribution >= 4 is 28.3 Å². The number of anilines is 2. The van der Waals surface area contributed by atoms with Crippen LogP contribution in [0, 0.1) is 5.41 Å². The van der Waals surface area contributed by atoms with Crippen molar-refractivity contribution in [2.24, 2.45) is 5.41 Å². The van der Waals surface area contributed by atoms with Gasteiger partial charge in [-0.2, -0.15) is 5.10 Å². The number of nitrogens with one attached hydrogen (secondary N) is 2. The maximum Gasteiger partial charge on any atom is 0.231 e. The smallest absolute Gasteiger partial charge is 0.231 e. The second-order valence-corrected chi connectivity index (χ2v) is 10.6. The summed E-state index contributed by atoms with van der Waals surface area (Å²) in [5, 5.41) is 12.1. The highest BCUT2D eigenvalue weighted by atomic mass is 16.5. The lowest BCUT2D eigenvalue weighted by Crippen LogP contribution is -2.44. The molecule has 0 unspecified atom stereocenters. The molecule has 4 heterocycles. The summed E-state index contributed by atoms with van der Waals surface area (Å²) in [5.74, 6) is 2.13. The van der Waals surface area contributed by atoms with Gasteiger partial charge in [0.05, 0.1) is 18.0 Å². The number of methoxy groups -OCH3 is 1. The Kier molecular flexibility index (Phi) is 5.01. The lowest BCUT2D eigenvalue weighted by atomic mass is 9.86. The van der Waals surface area contributed by atoms with Gasteiger partial charge in [-0.1, -0.05) is 12.1 Å². The SMILES string of the molecule is COc1ccc2c(c1)C[C@]1(C[C@H]1c1ccc3c(-c4ccnc(N5CCN(C)CC5)c4)n[nH]c3c1)C(=O)N2. The molecule has 3 aliphatic rings. The third-order valence-corrected chi connectivity index (χ3v) is 8.43. The number of aromatic nitrogens is 3. The van der Waals surface area contributed by atoms with Crippen LogP contribution in [0.2, 0.25) is 0 Å². The zero-order valence-electron chi connectivity index (χ0n) is 21.1. The Morgan fingerprint density at radius 2 is 1.92 bits per heavy atom. The number of piperazine rings is 1. The van der Waals surface area contributed by atoms with Gasteiger partial charge in [-0.05, 0) is 73.3 Å². The monoisotopic (exact) mass is 494 g/mol. The quantitative estimate of drug-likeness (QED) is 0.445. The Balaban J connectivity index is 1.16. The molecule has 1 amide bonds. The number of amides is 1. The maximum absolute atomic E-state index is 13.1. The molecule has 1 saturated heterocycles. The van der Waals surface area contributed by atoms with Gasteiger partial charge in [0.2, 0.25) is 5.91 Å². The Bertz CT molecular complexity index is 1520. The summed E-state index contributed by atoms with van der Waals surface area (Å²) in [6.45, 7) is 4.04. The zero-order chi connectivity index (χ0) is 25.1. The van der Waals surface area contributed by atoms with E-state index in [0.717, 1.165) is 84.0 Å². The number of nitrogens with zero attached hydrogens (tertiary/aromatic N) is 4. The van der Waals surface area contributed by atoms with E-state index < -0.39 is 5.41 Å². The molecular formula is C29H30N6O2. The first-order valence-electron chi connectivity index (χ1n) is 12.9. The summed E-state index contributed by atoms with van der Waals surface area (Å²) < 4.78 is 5.41. The minimum absolute atomic E-state index is 0.119. The number of carbonyl (C=O) groups is 1. The van der Waals surface area contributed by atoms with Gasteiger partial charge in [-0.15, -0.1) is 0 Å². The van der Waals surface area contributed by atoms with Gasteiger partial charge >= 0.3 is 0 Å². The van der Waals surface area contributed by atoms with Crippen molar-refractivity contribution in [1.82, 2.24) is 20.1 Å². The fourth-order valence-corrected chi connectivity index (χ4v) is 6.07. The molecule has 0 bridgehead atoms. The van der Waals surface area contributed by atoms with Gasteiger partial charge in [0.1, 0.15) is 17.3 Å². The first-order valence-corrected chi connectivity index (χ1v) is 12.9. The summed E-state index contributed by atoms with van der Waals surface area (Å²) >= 11 is 0. The second-order valence-electron chi connectivity index (χ2n) is 10.6. The summed E-state index contributed by atoms with van der Waals surface area (Å²) in [5.41, 5.74) is 5.80. The van der Waals surface area contributed by atoms with E-state index in [0.29, 0.717) is 0 Å². The molecule has 8 heteroatoms. The molecule has 2 aromatic heterocycles. The van der Waals surface area contributed by atoms with Crippen LogP contribution in [-0.4, -0.2) is 66.3 Å². The predicted molar refractivity (Wildman–Crippen MR) is 144 cm³/mol. The van der Waals surface area contributed by atoms with Crippen LogP contribution >= 0.6 is 0 Å². The van der Waals surface area contributed by atoms with Gasteiger partial charge in [-0.3, -0.25) is 9.89 Å². The van der Waals surface area contributed by atoms with Gasteiger partial charge in [0, 0.05) is 49.0 Å². The van der Waals surface area contributed by atoms with Crippen molar-refractivity contribution in [3.8, 4) is 17.0 Å². The fourth-order valence-electron chi connectivity index (χ4n) is 6.07. The number of rotatable bonds is 4. The number of fused-ring (bicyclic) bond motifs is 2. The van der Waals surface area contributed by atoms with Crippen LogP contribution in [-0.2, 0) is 11.2 Å². The average Bonchev–Trinajstić information content (AvgIpc) is 3.48. The lowest BCUT2D eigenvalue weighted by molar-refractivity contribution is -0.121. The number of carbonyl (C=O) groups excluding carboxylic acids is 1. The van der Waals surface area contributed by atoms with Crippen molar-refractivity contribution in [3.63, 3.8) is 0 Å². The van der Waals surface area contributed by atoms with Crippen molar-refractivity contribution in [3.05, 3.63) is 65.9 Å². The lowest BCUT2D eigenvalue weighted by Gasteiger charge is -2.33. The summed E-state index contributed by atoms with van der Waals surface area (Å²) in [6, 6.07) is 16.5. The van der Waals surface area contributed by atoms with Crippen molar-refractivity contribution < 1.29 is 9.53 Å². The minimum Gasteiger partial charge on any atom is -0.497 e. The summed E-state index contributed by atoms with van der Waals surface area (Å²) in [6.07, 6.45) is 3.45. The van der Waals surface area contributed by atoms with E-state index in [1.165, 1.54) is 5.56 Å². The predicted octanol–water partition coefficient (Wildman–Crippen LogP) is 4.05. The summed E-state index contributed by atoms with van der Waals surface area (Å²) in [7, 11) is 3.83. The van der Waals surface area contributed by atoms with Gasteiger partial charge in [0.15, 0.2) is 0 Å². The Morgan fingerprint density at radius 3 is 2.76 bits per heavy atom. The molecule has 2 N–H and O–H groups in total. The van der Waals surface area contributed by atoms with Gasteiger partial charge in [0.25, 0.3) is 0 Å². The summed E-state index contributed by atoms with van der Waals surface area (Å²) in [4.78, 5) is 22.4. The van der Waals surface area contributed by atoms with Crippen LogP contribution in [0.15, 0.2) is 54.7 Å². The highest BCUT2D eigenvalue weighted by Gasteiger charge is 2.61. The van der Waals surface area contributed by atoms with E-state index in [-0.39, 0.29) is 11.8 Å². The van der Waals surface area contributed by atoms with Crippen LogP contribution in [0.25, 0.3) is 22.2 Å². The molecule has 1 saturated carbocycles. The van der Waals surface area contributed by atoms with E-state index >= 15 is 0 Å². The number of aromatic amines is 1. The van der Waals surface area contributed by atoms with Crippen molar-refractivity contribution in [1.29, 1.82) is 0 Å². The Morgan fingerprint density at radius 1 is 1.05 bits per heavy atom. The third kappa shape index (κ3) is 3.66. The van der Waals surface area contributed by atoms with Gasteiger partial charge in [-0.25, -0.2) is 4.98 Å². The molecule has 2 fully saturated rings. The van der Waals surface area contributed by atoms with Gasteiger partial charge < -0.3 is 19.9 Å². The molecular weight excluding hydrogens is 464 g/mol. The second kappa shape index (κ2) is 8.31. The first-order chi connectivity index (χ1) is 18.0. The molecule has 8 nitrogen and oxygen atoms in total. The average molecular weight is 495 g/mol. The first kappa shape index (κ1) is 22.3. The van der Waals surface area contributed by atoms with Crippen LogP contribution in [0.1, 0.15) is 23.5 Å². The number of hydrogen-bond acceptors (Lipinski definition) is 6. The topological polar surface area (TPSA) is 86.4 Å². The standard InChI is InChI=1S/C29H30N6O2/c1-34-9-11-35(12-10-34)26-15-19(7-8-30-26)27-22-5-3-18(14-25(22)32-33-27)23-17-29(23)16-20-13-21(37-2)4-6-24(20)31-28(29)36/h3-8,13-15,23H,9-12,16-17H2,1-2H3,(H,31,36)(H,32,33)/t23-,29+/m0/s1. The van der Waals surface area contributed by atoms with E-state index in [4.69, 9.17) is 4.74 Å². The number of likely N-dealkylation sites (N-methyl/N-ethyl adjacent to an activating group) is 1. The maximum atomic E-state index is 13.1. The van der Waals surface area contributed by atoms with Crippen molar-refractivity contribution in [2.75, 3.05) is 50.6 Å².